The summed E-state index contributed by atoms with van der Waals surface area (Å²) in [6.45, 7) is 1.38. The Balaban J connectivity index is 2.23. The average Bonchev–Trinajstić information content (AvgIpc) is 2.87. The second-order valence-corrected chi connectivity index (χ2v) is 4.43. The molecule has 0 radical (unpaired) electrons. The van der Waals surface area contributed by atoms with Crippen LogP contribution in [-0.2, 0) is 9.53 Å². The summed E-state index contributed by atoms with van der Waals surface area (Å²) in [5.41, 5.74) is 0.403. The third-order valence-corrected chi connectivity index (χ3v) is 3.29. The Morgan fingerprint density at radius 3 is 3.07 bits per heavy atom. The molecule has 0 saturated carbocycles. The van der Waals surface area contributed by atoms with E-state index < -0.39 is 5.97 Å². The van der Waals surface area contributed by atoms with Gasteiger partial charge in [-0.2, -0.15) is 0 Å². The van der Waals surface area contributed by atoms with Gasteiger partial charge in [-0.15, -0.1) is 11.3 Å². The first-order chi connectivity index (χ1) is 7.27. The van der Waals surface area contributed by atoms with Crippen LogP contribution in [0.3, 0.4) is 0 Å². The smallest absolute Gasteiger partial charge is 0.336 e. The molecule has 1 saturated heterocycles. The minimum atomic E-state index is -0.857. The van der Waals surface area contributed by atoms with Gasteiger partial charge in [0.1, 0.15) is 0 Å². The Hall–Kier alpha value is -1.13. The fraction of sp³-hybridized carbons (Fsp3) is 0.364. The van der Waals surface area contributed by atoms with Gasteiger partial charge < -0.3 is 9.84 Å². The molecular formula is C11H12O3S. The minimum absolute atomic E-state index is 0.248. The van der Waals surface area contributed by atoms with Crippen LogP contribution in [0.2, 0.25) is 0 Å². The second kappa shape index (κ2) is 4.59. The van der Waals surface area contributed by atoms with Crippen LogP contribution < -0.4 is 0 Å². The van der Waals surface area contributed by atoms with E-state index in [9.17, 15) is 4.79 Å². The summed E-state index contributed by atoms with van der Waals surface area (Å²) < 4.78 is 5.22. The standard InChI is InChI=1S/C11H12O3S/c12-11(13)9(10-2-1-5-15-10)6-8-3-4-14-7-8/h1-2,5-6,8H,3-4,7H2,(H,12,13)/b9-6+. The van der Waals surface area contributed by atoms with Crippen molar-refractivity contribution in [3.05, 3.63) is 28.5 Å². The van der Waals surface area contributed by atoms with Crippen LogP contribution in [0.4, 0.5) is 0 Å². The first-order valence-corrected chi connectivity index (χ1v) is 5.72. The van der Waals surface area contributed by atoms with E-state index in [1.807, 2.05) is 23.6 Å². The van der Waals surface area contributed by atoms with E-state index in [-0.39, 0.29) is 5.92 Å². The summed E-state index contributed by atoms with van der Waals surface area (Å²) in [4.78, 5) is 11.9. The van der Waals surface area contributed by atoms with Gasteiger partial charge in [0.15, 0.2) is 0 Å². The predicted molar refractivity (Wildman–Crippen MR) is 58.9 cm³/mol. The molecule has 1 unspecified atom stereocenters. The highest BCUT2D eigenvalue weighted by Gasteiger charge is 2.18. The third-order valence-electron chi connectivity index (χ3n) is 2.38. The molecule has 2 rings (SSSR count). The fourth-order valence-corrected chi connectivity index (χ4v) is 2.35. The molecule has 1 N–H and O–H groups in total. The maximum atomic E-state index is 11.1. The molecule has 1 fully saturated rings. The van der Waals surface area contributed by atoms with Crippen LogP contribution in [0.25, 0.3) is 5.57 Å². The molecule has 1 aliphatic heterocycles. The first kappa shape index (κ1) is 10.4. The Bertz CT molecular complexity index is 361. The molecule has 0 aliphatic carbocycles. The quantitative estimate of drug-likeness (QED) is 0.801. The van der Waals surface area contributed by atoms with Crippen LogP contribution >= 0.6 is 11.3 Å². The number of hydrogen-bond donors (Lipinski definition) is 1. The molecule has 80 valence electrons. The molecule has 2 heterocycles. The summed E-state index contributed by atoms with van der Waals surface area (Å²) in [6, 6.07) is 3.70. The lowest BCUT2D eigenvalue weighted by Crippen LogP contribution is -2.03. The molecule has 3 nitrogen and oxygen atoms in total. The van der Waals surface area contributed by atoms with Gasteiger partial charge in [-0.1, -0.05) is 12.1 Å². The number of carboxylic acid groups (broad SMARTS) is 1. The molecule has 0 spiro atoms. The molecule has 4 heteroatoms. The summed E-state index contributed by atoms with van der Waals surface area (Å²) in [5.74, 6) is -0.609. The molecule has 0 amide bonds. The molecule has 1 aliphatic rings. The summed E-state index contributed by atoms with van der Waals surface area (Å²) in [7, 11) is 0. The number of rotatable bonds is 3. The monoisotopic (exact) mass is 224 g/mol. The van der Waals surface area contributed by atoms with Gasteiger partial charge in [0.2, 0.25) is 0 Å². The first-order valence-electron chi connectivity index (χ1n) is 4.84. The van der Waals surface area contributed by atoms with Crippen LogP contribution in [0.1, 0.15) is 11.3 Å². The minimum Gasteiger partial charge on any atom is -0.478 e. The zero-order valence-electron chi connectivity index (χ0n) is 8.18. The van der Waals surface area contributed by atoms with Crippen molar-refractivity contribution in [2.75, 3.05) is 13.2 Å². The van der Waals surface area contributed by atoms with E-state index in [0.717, 1.165) is 17.9 Å². The second-order valence-electron chi connectivity index (χ2n) is 3.49. The van der Waals surface area contributed by atoms with Crippen LogP contribution in [0, 0.1) is 5.92 Å². The predicted octanol–water partition coefficient (Wildman–Crippen LogP) is 2.25. The van der Waals surface area contributed by atoms with Gasteiger partial charge in [0.25, 0.3) is 0 Å². The van der Waals surface area contributed by atoms with Gasteiger partial charge in [-0.3, -0.25) is 0 Å². The van der Waals surface area contributed by atoms with Gasteiger partial charge in [-0.25, -0.2) is 4.79 Å². The molecule has 0 bridgehead atoms. The van der Waals surface area contributed by atoms with E-state index in [1.165, 1.54) is 11.3 Å². The molecule has 1 aromatic rings. The van der Waals surface area contributed by atoms with Crippen molar-refractivity contribution >= 4 is 22.9 Å². The average molecular weight is 224 g/mol. The zero-order chi connectivity index (χ0) is 10.7. The van der Waals surface area contributed by atoms with E-state index in [2.05, 4.69) is 0 Å². The summed E-state index contributed by atoms with van der Waals surface area (Å²) in [6.07, 6.45) is 2.74. The molecular weight excluding hydrogens is 212 g/mol. The van der Waals surface area contributed by atoms with Gasteiger partial charge in [0.05, 0.1) is 12.2 Å². The lowest BCUT2D eigenvalue weighted by atomic mass is 10.0. The van der Waals surface area contributed by atoms with Crippen molar-refractivity contribution in [2.24, 2.45) is 5.92 Å². The van der Waals surface area contributed by atoms with E-state index in [1.54, 1.807) is 0 Å². The normalized spacial score (nSPS) is 21.9. The number of aliphatic carboxylic acids is 1. The van der Waals surface area contributed by atoms with Crippen molar-refractivity contribution in [1.29, 1.82) is 0 Å². The van der Waals surface area contributed by atoms with Crippen molar-refractivity contribution in [2.45, 2.75) is 6.42 Å². The largest absolute Gasteiger partial charge is 0.478 e. The SMILES string of the molecule is O=C(O)/C(=C/C1CCOC1)c1cccs1. The highest BCUT2D eigenvalue weighted by atomic mass is 32.1. The lowest BCUT2D eigenvalue weighted by molar-refractivity contribution is -0.130. The fourth-order valence-electron chi connectivity index (χ4n) is 1.61. The van der Waals surface area contributed by atoms with E-state index >= 15 is 0 Å². The Morgan fingerprint density at radius 1 is 1.67 bits per heavy atom. The van der Waals surface area contributed by atoms with Crippen molar-refractivity contribution in [3.8, 4) is 0 Å². The van der Waals surface area contributed by atoms with E-state index in [0.29, 0.717) is 12.2 Å². The molecule has 15 heavy (non-hydrogen) atoms. The number of carbonyl (C=O) groups is 1. The highest BCUT2D eigenvalue weighted by Crippen LogP contribution is 2.24. The number of ether oxygens (including phenoxy) is 1. The lowest BCUT2D eigenvalue weighted by Gasteiger charge is -2.03. The number of thiophene rings is 1. The van der Waals surface area contributed by atoms with E-state index in [4.69, 9.17) is 9.84 Å². The zero-order valence-corrected chi connectivity index (χ0v) is 9.00. The Kier molecular flexibility index (Phi) is 3.18. The van der Waals surface area contributed by atoms with Gasteiger partial charge in [-0.05, 0) is 17.9 Å². The maximum absolute atomic E-state index is 11.1. The van der Waals surface area contributed by atoms with Crippen LogP contribution in [-0.4, -0.2) is 24.3 Å². The number of hydrogen-bond acceptors (Lipinski definition) is 3. The molecule has 0 aromatic carbocycles. The third kappa shape index (κ3) is 2.46. The Labute approximate surface area is 92.0 Å². The molecule has 1 aromatic heterocycles. The van der Waals surface area contributed by atoms with Crippen LogP contribution in [0.5, 0.6) is 0 Å². The van der Waals surface area contributed by atoms with Crippen molar-refractivity contribution in [1.82, 2.24) is 0 Å². The van der Waals surface area contributed by atoms with Crippen LogP contribution in [0.15, 0.2) is 23.6 Å². The maximum Gasteiger partial charge on any atom is 0.336 e. The molecule has 1 atom stereocenters. The summed E-state index contributed by atoms with van der Waals surface area (Å²) >= 11 is 1.45. The summed E-state index contributed by atoms with van der Waals surface area (Å²) in [5, 5.41) is 11.0. The van der Waals surface area contributed by atoms with Crippen molar-refractivity contribution in [3.63, 3.8) is 0 Å². The van der Waals surface area contributed by atoms with Gasteiger partial charge in [0, 0.05) is 17.4 Å². The van der Waals surface area contributed by atoms with Crippen molar-refractivity contribution < 1.29 is 14.6 Å². The highest BCUT2D eigenvalue weighted by molar-refractivity contribution is 7.11. The van der Waals surface area contributed by atoms with Gasteiger partial charge >= 0.3 is 5.97 Å². The number of carboxylic acids is 1. The topological polar surface area (TPSA) is 46.5 Å². The Morgan fingerprint density at radius 2 is 2.53 bits per heavy atom.